The Morgan fingerprint density at radius 3 is 1.08 bits per heavy atom. The molecule has 0 aliphatic carbocycles. The van der Waals surface area contributed by atoms with Crippen molar-refractivity contribution in [2.24, 2.45) is 27.1 Å². The molecule has 28 heteroatoms. The number of fused-ring (bicyclic) bond motifs is 15. The van der Waals surface area contributed by atoms with Crippen molar-refractivity contribution in [1.29, 1.82) is 0 Å². The van der Waals surface area contributed by atoms with Crippen LogP contribution in [0.15, 0.2) is 112 Å². The van der Waals surface area contributed by atoms with Gasteiger partial charge in [0.1, 0.15) is 54.5 Å². The Kier molecular flexibility index (Phi) is 18.2. The monoisotopic (exact) mass is 1450 g/mol. The average Bonchev–Trinajstić information content (AvgIpc) is 0.730. The number of phenols is 3. The molecule has 2 amide bonds. The van der Waals surface area contributed by atoms with Gasteiger partial charge in [-0.3, -0.25) is 24.0 Å². The molecule has 3 aromatic heterocycles. The van der Waals surface area contributed by atoms with E-state index in [1.165, 1.54) is 87.9 Å². The van der Waals surface area contributed by atoms with Gasteiger partial charge in [0.15, 0.2) is 17.5 Å². The van der Waals surface area contributed by atoms with Crippen molar-refractivity contribution in [3.8, 4) is 67.9 Å². The van der Waals surface area contributed by atoms with Crippen molar-refractivity contribution in [1.82, 2.24) is 23.5 Å². The van der Waals surface area contributed by atoms with Crippen LogP contribution in [0, 0.1) is 40.8 Å². The summed E-state index contributed by atoms with van der Waals surface area (Å²) in [5.41, 5.74) is -2.58. The number of ether oxygens (including phenoxy) is 3. The van der Waals surface area contributed by atoms with Crippen LogP contribution >= 0.6 is 34.8 Å². The van der Waals surface area contributed by atoms with Crippen molar-refractivity contribution in [2.75, 3.05) is 67.2 Å². The number of aryl methyl sites for hydroxylation is 3. The van der Waals surface area contributed by atoms with E-state index in [1.54, 1.807) is 9.80 Å². The molecule has 6 aliphatic rings. The normalized spacial score (nSPS) is 19.6. The van der Waals surface area contributed by atoms with E-state index in [4.69, 9.17) is 49.0 Å². The summed E-state index contributed by atoms with van der Waals surface area (Å²) in [6.45, 7) is 15.9. The van der Waals surface area contributed by atoms with Crippen LogP contribution in [0.4, 0.5) is 43.4 Å². The predicted octanol–water partition coefficient (Wildman–Crippen LogP) is 12.5. The number of hydrogen-bond donors (Lipinski definition) is 3. The van der Waals surface area contributed by atoms with Gasteiger partial charge in [-0.2, -0.15) is 0 Å². The molecule has 0 bridgehead atoms. The van der Waals surface area contributed by atoms with Crippen LogP contribution in [-0.4, -0.2) is 133 Å². The van der Waals surface area contributed by atoms with Crippen LogP contribution in [0.5, 0.6) is 34.5 Å². The molecule has 6 aliphatic heterocycles. The molecular weight excluding hydrogens is 1390 g/mol. The first-order chi connectivity index (χ1) is 48.1. The average molecular weight is 1450 g/mol. The largest absolute Gasteiger partial charge is 0.507 e. The molecule has 6 atom stereocenters. The molecule has 0 unspecified atom stereocenters. The number of nitrogens with zero attached hydrogens (tertiary/aromatic N) is 8. The van der Waals surface area contributed by atoms with Crippen LogP contribution in [0.1, 0.15) is 33.6 Å². The lowest BCUT2D eigenvalue weighted by molar-refractivity contribution is -0.130. The number of hydrogen-bond acceptors (Lipinski definition) is 14. The third-order valence-electron chi connectivity index (χ3n) is 19.9. The molecule has 19 nitrogen and oxygen atoms in total. The molecule has 9 aromatic rings. The Balaban J connectivity index is 0.000000136. The van der Waals surface area contributed by atoms with Crippen molar-refractivity contribution >= 4 is 96.4 Å². The highest BCUT2D eigenvalue weighted by molar-refractivity contribution is 6.36. The highest BCUT2D eigenvalue weighted by atomic mass is 35.5. The first kappa shape index (κ1) is 69.5. The van der Waals surface area contributed by atoms with Gasteiger partial charge in [-0.1, -0.05) is 73.1 Å². The van der Waals surface area contributed by atoms with Gasteiger partial charge in [-0.15, -0.1) is 0 Å². The van der Waals surface area contributed by atoms with E-state index >= 15 is 13.2 Å². The lowest BCUT2D eigenvalue weighted by Crippen LogP contribution is -2.62. The van der Waals surface area contributed by atoms with E-state index < -0.39 is 68.8 Å². The SMILES string of the molecule is C=CC(=O)N1C[C@@H]2COc3c(c4cc(Cl)c(-c5c(O)cccc5F)c(F)c4n(C)c3=O)N2C[C@H]1C.C=CC(=O)N1C[C@@H]2COc3c(c4cc(Cl)c(-c5c(O)cccc5F)c(F)c4n(C)c3=O)N2C[C@H]1C.C[C@H]1CC[C@@H]2COc3c(c4cc(Cl)c(-c5c(O)cccc5F)c(F)c4n(C)c3=O)N2C1. The van der Waals surface area contributed by atoms with E-state index in [0.717, 1.165) is 51.3 Å². The Morgan fingerprint density at radius 1 is 0.465 bits per heavy atom. The number of benzene rings is 6. The van der Waals surface area contributed by atoms with Gasteiger partial charge in [0.25, 0.3) is 16.7 Å². The van der Waals surface area contributed by atoms with Gasteiger partial charge in [-0.25, -0.2) is 26.3 Å². The number of carbonyl (C=O) groups excluding carboxylic acids is 2. The molecule has 0 saturated carbocycles. The highest BCUT2D eigenvalue weighted by Gasteiger charge is 2.44. The smallest absolute Gasteiger partial charge is 0.295 e. The van der Waals surface area contributed by atoms with Crippen molar-refractivity contribution < 1.29 is 65.5 Å². The second-order valence-electron chi connectivity index (χ2n) is 26.0. The third kappa shape index (κ3) is 11.3. The number of aromatic hydroxyl groups is 3. The minimum Gasteiger partial charge on any atom is -0.507 e. The van der Waals surface area contributed by atoms with Crippen LogP contribution in [-0.2, 0) is 30.7 Å². The van der Waals surface area contributed by atoms with Crippen LogP contribution < -0.4 is 45.6 Å². The summed E-state index contributed by atoms with van der Waals surface area (Å²) in [5.74, 6) is -6.35. The van der Waals surface area contributed by atoms with Gasteiger partial charge in [0, 0.05) is 98.8 Å². The van der Waals surface area contributed by atoms with Crippen molar-refractivity contribution in [3.05, 3.63) is 179 Å². The number of amides is 2. The van der Waals surface area contributed by atoms with Crippen LogP contribution in [0.2, 0.25) is 15.1 Å². The number of carbonyl (C=O) groups is 2. The van der Waals surface area contributed by atoms with Gasteiger partial charge in [0.05, 0.1) is 83.5 Å². The number of anilines is 3. The fourth-order valence-corrected chi connectivity index (χ4v) is 15.8. The maximum Gasteiger partial charge on any atom is 0.295 e. The maximum absolute atomic E-state index is 16.1. The fraction of sp³-hybridized carbons (Fsp3) is 0.301. The zero-order valence-electron chi connectivity index (χ0n) is 55.1. The molecule has 3 N–H and O–H groups in total. The summed E-state index contributed by atoms with van der Waals surface area (Å²) in [7, 11) is 4.23. The molecule has 15 rings (SSSR count). The molecule has 9 heterocycles. The van der Waals surface area contributed by atoms with Gasteiger partial charge in [-0.05, 0) is 99.4 Å². The molecule has 0 spiro atoms. The molecule has 526 valence electrons. The Bertz CT molecular complexity index is 4970. The number of pyridine rings is 3. The van der Waals surface area contributed by atoms with Crippen molar-refractivity contribution in [3.63, 3.8) is 0 Å². The third-order valence-corrected chi connectivity index (χ3v) is 20.8. The summed E-state index contributed by atoms with van der Waals surface area (Å²) >= 11 is 19.4. The minimum absolute atomic E-state index is 0.00622. The fourth-order valence-electron chi connectivity index (χ4n) is 15.0. The molecule has 3 saturated heterocycles. The molecule has 6 aromatic carbocycles. The van der Waals surface area contributed by atoms with E-state index in [2.05, 4.69) is 25.0 Å². The number of aromatic nitrogens is 3. The molecule has 3 fully saturated rings. The number of piperidine rings is 1. The maximum atomic E-state index is 16.1. The van der Waals surface area contributed by atoms with Gasteiger partial charge >= 0.3 is 0 Å². The topological polar surface area (TPSA) is 205 Å². The van der Waals surface area contributed by atoms with Crippen molar-refractivity contribution in [2.45, 2.75) is 63.8 Å². The summed E-state index contributed by atoms with van der Waals surface area (Å²) in [6.07, 6.45) is 4.47. The Labute approximate surface area is 587 Å². The lowest BCUT2D eigenvalue weighted by Gasteiger charge is -2.48. The van der Waals surface area contributed by atoms with E-state index in [1.807, 2.05) is 23.6 Å². The van der Waals surface area contributed by atoms with E-state index in [9.17, 15) is 52.5 Å². The number of rotatable bonds is 5. The highest BCUT2D eigenvalue weighted by Crippen LogP contribution is 2.51. The predicted molar refractivity (Wildman–Crippen MR) is 375 cm³/mol. The zero-order chi connectivity index (χ0) is 72.4. The Hall–Kier alpha value is -9.98. The first-order valence-electron chi connectivity index (χ1n) is 32.2. The molecule has 101 heavy (non-hydrogen) atoms. The zero-order valence-corrected chi connectivity index (χ0v) is 57.4. The standard InChI is InChI=1S/2C25H22ClF2N3O4.C23H21ClF2N2O3/c2*1-4-18(33)30-10-13-11-35-24-23(31(13)9-12(30)2)14-8-15(26)19(20-16(27)6-5-7-17(20)32)21(28)22(14)29(3)25(24)34;1-11-6-7-12-10-31-22-21(28(12)9-11)13-8-14(24)17(18-15(25)4-3-5-16(18)29)19(26)20(13)27(2)23(22)30/h2*4-8,12-13,32H,1,9-11H2,2-3H3;3-5,8,11-12,29H,6-7,9-10H2,1-2H3/t2*12-,13-;11-,12+/m110/s1. The van der Waals surface area contributed by atoms with E-state index in [-0.39, 0.29) is 137 Å². The van der Waals surface area contributed by atoms with E-state index in [0.29, 0.717) is 71.9 Å². The summed E-state index contributed by atoms with van der Waals surface area (Å²) < 4.78 is 113. The van der Waals surface area contributed by atoms with Gasteiger partial charge in [0.2, 0.25) is 29.1 Å². The summed E-state index contributed by atoms with van der Waals surface area (Å²) in [5, 5.41) is 31.4. The first-order valence-corrected chi connectivity index (χ1v) is 33.4. The Morgan fingerprint density at radius 2 is 0.772 bits per heavy atom. The second-order valence-corrected chi connectivity index (χ2v) is 27.2. The van der Waals surface area contributed by atoms with Crippen LogP contribution in [0.3, 0.4) is 0 Å². The minimum atomic E-state index is -0.939. The molecular formula is C73H65Cl3F6N8O11. The summed E-state index contributed by atoms with van der Waals surface area (Å²) in [4.78, 5) is 73.5. The number of piperazine rings is 2. The second kappa shape index (κ2) is 26.5. The quantitative estimate of drug-likeness (QED) is 0.108. The number of phenolic OH excluding ortho intramolecular Hbond substituents is 3. The number of halogens is 9. The molecule has 0 radical (unpaired) electrons. The summed E-state index contributed by atoms with van der Waals surface area (Å²) in [6, 6.07) is 14.5. The van der Waals surface area contributed by atoms with Gasteiger partial charge < -0.3 is 67.7 Å². The lowest BCUT2D eigenvalue weighted by atomic mass is 9.92. The van der Waals surface area contributed by atoms with Crippen LogP contribution in [0.25, 0.3) is 66.1 Å².